The van der Waals surface area contributed by atoms with Gasteiger partial charge in [0.2, 0.25) is 5.91 Å². The predicted octanol–water partition coefficient (Wildman–Crippen LogP) is 3.63. The summed E-state index contributed by atoms with van der Waals surface area (Å²) in [6, 6.07) is 13.0. The summed E-state index contributed by atoms with van der Waals surface area (Å²) in [4.78, 5) is 41.2. The smallest absolute Gasteiger partial charge is 0.308 e. The van der Waals surface area contributed by atoms with E-state index in [9.17, 15) is 19.5 Å². The second-order valence-corrected chi connectivity index (χ2v) is 8.43. The van der Waals surface area contributed by atoms with Gasteiger partial charge in [0.1, 0.15) is 6.04 Å². The van der Waals surface area contributed by atoms with Crippen molar-refractivity contribution in [2.24, 2.45) is 5.92 Å². The number of fused-ring (bicyclic) bond motifs is 1. The third kappa shape index (κ3) is 4.23. The molecule has 2 aromatic carbocycles. The molecule has 0 radical (unpaired) electrons. The number of pyridine rings is 1. The summed E-state index contributed by atoms with van der Waals surface area (Å²) in [5.41, 5.74) is 3.58. The number of anilines is 1. The highest BCUT2D eigenvalue weighted by atomic mass is 16.4. The van der Waals surface area contributed by atoms with E-state index in [1.165, 1.54) is 0 Å². The topological polar surface area (TPSA) is 103 Å². The van der Waals surface area contributed by atoms with E-state index in [-0.39, 0.29) is 18.0 Å². The summed E-state index contributed by atoms with van der Waals surface area (Å²) in [6.07, 6.45) is 3.02. The van der Waals surface area contributed by atoms with Crippen LogP contribution in [0.3, 0.4) is 0 Å². The lowest BCUT2D eigenvalue weighted by atomic mass is 9.97. The van der Waals surface area contributed by atoms with Crippen molar-refractivity contribution >= 4 is 28.3 Å². The Kier molecular flexibility index (Phi) is 5.99. The van der Waals surface area contributed by atoms with Crippen molar-refractivity contribution in [1.82, 2.24) is 9.88 Å². The highest BCUT2D eigenvalue weighted by Gasteiger charge is 2.30. The molecule has 3 N–H and O–H groups in total. The van der Waals surface area contributed by atoms with E-state index in [0.717, 1.165) is 22.1 Å². The molecule has 0 saturated carbocycles. The number of likely N-dealkylation sites (tertiary alicyclic amines) is 1. The SMILES string of the molecule is Cc1ccccc1-c1c[nH]c(=O)c2cc(NC(C)C(=O)N3CCC[C@H](C(=O)O)C3)ccc12. The molecule has 2 atom stereocenters. The number of carboxylic acids is 1. The third-order valence-electron chi connectivity index (χ3n) is 6.17. The first-order chi connectivity index (χ1) is 15.3. The number of aromatic nitrogens is 1. The van der Waals surface area contributed by atoms with Gasteiger partial charge >= 0.3 is 5.97 Å². The number of nitrogens with one attached hydrogen (secondary N) is 2. The van der Waals surface area contributed by atoms with Gasteiger partial charge in [0.25, 0.3) is 5.56 Å². The number of aryl methyl sites for hydroxylation is 1. The van der Waals surface area contributed by atoms with Crippen molar-refractivity contribution in [3.63, 3.8) is 0 Å². The lowest BCUT2D eigenvalue weighted by Crippen LogP contribution is -2.47. The predicted molar refractivity (Wildman–Crippen MR) is 125 cm³/mol. The molecular formula is C25H27N3O4. The number of carbonyl (C=O) groups is 2. The van der Waals surface area contributed by atoms with Gasteiger partial charge in [0.05, 0.1) is 5.92 Å². The standard InChI is InChI=1S/C25H27N3O4/c1-15-6-3-4-8-19(15)22-13-26-23(29)21-12-18(9-10-20(21)22)27-16(2)24(30)28-11-5-7-17(14-28)25(31)32/h3-4,6,8-10,12-13,16-17,27H,5,7,11,14H2,1-2H3,(H,26,29)(H,31,32)/t16?,17-/m0/s1. The molecule has 0 bridgehead atoms. The molecule has 0 spiro atoms. The van der Waals surface area contributed by atoms with Crippen molar-refractivity contribution in [2.75, 3.05) is 18.4 Å². The van der Waals surface area contributed by atoms with Crippen LogP contribution >= 0.6 is 0 Å². The summed E-state index contributed by atoms with van der Waals surface area (Å²) in [7, 11) is 0. The van der Waals surface area contributed by atoms with Gasteiger partial charge in [0.15, 0.2) is 0 Å². The van der Waals surface area contributed by atoms with Crippen LogP contribution in [0.15, 0.2) is 53.5 Å². The van der Waals surface area contributed by atoms with Crippen molar-refractivity contribution in [2.45, 2.75) is 32.7 Å². The Labute approximate surface area is 186 Å². The number of hydrogen-bond donors (Lipinski definition) is 3. The van der Waals surface area contributed by atoms with Gasteiger partial charge in [-0.1, -0.05) is 30.3 Å². The number of hydrogen-bond acceptors (Lipinski definition) is 4. The molecule has 7 nitrogen and oxygen atoms in total. The van der Waals surface area contributed by atoms with Crippen LogP contribution in [0.5, 0.6) is 0 Å². The molecule has 7 heteroatoms. The molecule has 1 amide bonds. The summed E-state index contributed by atoms with van der Waals surface area (Å²) in [5.74, 6) is -1.51. The summed E-state index contributed by atoms with van der Waals surface area (Å²) in [6.45, 7) is 4.58. The zero-order valence-electron chi connectivity index (χ0n) is 18.2. The van der Waals surface area contributed by atoms with Crippen molar-refractivity contribution in [1.29, 1.82) is 0 Å². The number of benzene rings is 2. The number of piperidine rings is 1. The first kappa shape index (κ1) is 21.6. The molecular weight excluding hydrogens is 406 g/mol. The van der Waals surface area contributed by atoms with E-state index in [0.29, 0.717) is 30.5 Å². The second-order valence-electron chi connectivity index (χ2n) is 8.43. The van der Waals surface area contributed by atoms with Crippen LogP contribution < -0.4 is 10.9 Å². The number of amides is 1. The van der Waals surface area contributed by atoms with E-state index in [4.69, 9.17) is 0 Å². The van der Waals surface area contributed by atoms with Crippen LogP contribution in [-0.4, -0.2) is 46.0 Å². The highest BCUT2D eigenvalue weighted by molar-refractivity contribution is 5.98. The number of aliphatic carboxylic acids is 1. The Morgan fingerprint density at radius 2 is 1.94 bits per heavy atom. The Morgan fingerprint density at radius 1 is 1.16 bits per heavy atom. The van der Waals surface area contributed by atoms with Crippen molar-refractivity contribution < 1.29 is 14.7 Å². The first-order valence-electron chi connectivity index (χ1n) is 10.8. The fourth-order valence-electron chi connectivity index (χ4n) is 4.41. The monoisotopic (exact) mass is 433 g/mol. The molecule has 1 aromatic heterocycles. The van der Waals surface area contributed by atoms with Crippen LogP contribution in [0.25, 0.3) is 21.9 Å². The first-order valence-corrected chi connectivity index (χ1v) is 10.8. The number of H-pyrrole nitrogens is 1. The van der Waals surface area contributed by atoms with Crippen molar-refractivity contribution in [3.05, 3.63) is 64.6 Å². The average Bonchev–Trinajstić information content (AvgIpc) is 2.80. The van der Waals surface area contributed by atoms with Crippen LogP contribution in [0.4, 0.5) is 5.69 Å². The maximum Gasteiger partial charge on any atom is 0.308 e. The molecule has 1 aliphatic rings. The second kappa shape index (κ2) is 8.86. The van der Waals surface area contributed by atoms with Crippen LogP contribution in [0.2, 0.25) is 0 Å². The average molecular weight is 434 g/mol. The molecule has 0 aliphatic carbocycles. The van der Waals surface area contributed by atoms with E-state index >= 15 is 0 Å². The molecule has 1 saturated heterocycles. The molecule has 166 valence electrons. The lowest BCUT2D eigenvalue weighted by molar-refractivity contribution is -0.145. The number of carbonyl (C=O) groups excluding carboxylic acids is 1. The fourth-order valence-corrected chi connectivity index (χ4v) is 4.41. The lowest BCUT2D eigenvalue weighted by Gasteiger charge is -2.33. The molecule has 1 aliphatic heterocycles. The van der Waals surface area contributed by atoms with Gasteiger partial charge in [-0.25, -0.2) is 0 Å². The number of nitrogens with zero attached hydrogens (tertiary/aromatic N) is 1. The zero-order valence-corrected chi connectivity index (χ0v) is 18.2. The quantitative estimate of drug-likeness (QED) is 0.570. The van der Waals surface area contributed by atoms with Crippen molar-refractivity contribution in [3.8, 4) is 11.1 Å². The van der Waals surface area contributed by atoms with Gasteiger partial charge in [-0.05, 0) is 55.3 Å². The van der Waals surface area contributed by atoms with E-state index in [2.05, 4.69) is 10.3 Å². The van der Waals surface area contributed by atoms with Gasteiger partial charge in [0, 0.05) is 35.9 Å². The molecule has 4 rings (SSSR count). The molecule has 2 heterocycles. The Morgan fingerprint density at radius 3 is 2.69 bits per heavy atom. The zero-order chi connectivity index (χ0) is 22.8. The maximum atomic E-state index is 12.9. The summed E-state index contributed by atoms with van der Waals surface area (Å²) < 4.78 is 0. The summed E-state index contributed by atoms with van der Waals surface area (Å²) in [5, 5.41) is 13.8. The Balaban J connectivity index is 1.58. The number of rotatable bonds is 5. The number of carboxylic acid groups (broad SMARTS) is 1. The Hall–Kier alpha value is -3.61. The highest BCUT2D eigenvalue weighted by Crippen LogP contribution is 2.30. The van der Waals surface area contributed by atoms with Gasteiger partial charge in [-0.15, -0.1) is 0 Å². The maximum absolute atomic E-state index is 12.9. The normalized spacial score (nSPS) is 17.2. The number of aromatic amines is 1. The minimum Gasteiger partial charge on any atom is -0.481 e. The third-order valence-corrected chi connectivity index (χ3v) is 6.17. The molecule has 32 heavy (non-hydrogen) atoms. The fraction of sp³-hybridized carbons (Fsp3) is 0.320. The Bertz CT molecular complexity index is 1230. The molecule has 1 fully saturated rings. The van der Waals surface area contributed by atoms with E-state index in [1.54, 1.807) is 24.1 Å². The minimum absolute atomic E-state index is 0.140. The van der Waals surface area contributed by atoms with E-state index < -0.39 is 17.9 Å². The molecule has 1 unspecified atom stereocenters. The van der Waals surface area contributed by atoms with Crippen LogP contribution in [-0.2, 0) is 9.59 Å². The minimum atomic E-state index is -0.860. The summed E-state index contributed by atoms with van der Waals surface area (Å²) >= 11 is 0. The van der Waals surface area contributed by atoms with Gasteiger partial charge < -0.3 is 20.3 Å². The van der Waals surface area contributed by atoms with Gasteiger partial charge in [-0.2, -0.15) is 0 Å². The van der Waals surface area contributed by atoms with Crippen LogP contribution in [0.1, 0.15) is 25.3 Å². The van der Waals surface area contributed by atoms with Crippen LogP contribution in [0, 0.1) is 12.8 Å². The molecule has 3 aromatic rings. The van der Waals surface area contributed by atoms with Gasteiger partial charge in [-0.3, -0.25) is 14.4 Å². The largest absolute Gasteiger partial charge is 0.481 e. The van der Waals surface area contributed by atoms with E-state index in [1.807, 2.05) is 43.3 Å².